The van der Waals surface area contributed by atoms with Crippen LogP contribution in [0.4, 0.5) is 0 Å². The van der Waals surface area contributed by atoms with E-state index in [0.717, 1.165) is 6.04 Å². The van der Waals surface area contributed by atoms with Crippen LogP contribution in [0.5, 0.6) is 0 Å². The first-order chi connectivity index (χ1) is 7.33. The highest BCUT2D eigenvalue weighted by Crippen LogP contribution is 2.18. The minimum Gasteiger partial charge on any atom is -0.314 e. The predicted molar refractivity (Wildman–Crippen MR) is 70.8 cm³/mol. The Balaban J connectivity index is 1.74. The zero-order chi connectivity index (χ0) is 10.9. The molecule has 15 heavy (non-hydrogen) atoms. The lowest BCUT2D eigenvalue weighted by Gasteiger charge is -2.15. The molecule has 2 nitrogen and oxygen atoms in total. The Hall–Kier alpha value is 0.270. The van der Waals surface area contributed by atoms with E-state index < -0.39 is 0 Å². The number of thioether (sulfide) groups is 1. The van der Waals surface area contributed by atoms with E-state index in [1.54, 1.807) is 0 Å². The number of nitrogens with zero attached hydrogens (tertiary/aromatic N) is 1. The molecule has 1 aliphatic carbocycles. The molecule has 0 aromatic rings. The number of hydrogen-bond acceptors (Lipinski definition) is 3. The second kappa shape index (κ2) is 8.43. The molecule has 0 aromatic carbocycles. The Morgan fingerprint density at radius 2 is 2.00 bits per heavy atom. The van der Waals surface area contributed by atoms with Gasteiger partial charge in [-0.3, -0.25) is 0 Å². The second-order valence-electron chi connectivity index (χ2n) is 4.59. The van der Waals surface area contributed by atoms with Gasteiger partial charge in [-0.25, -0.2) is 0 Å². The van der Waals surface area contributed by atoms with Crippen molar-refractivity contribution in [2.24, 2.45) is 0 Å². The lowest BCUT2D eigenvalue weighted by Crippen LogP contribution is -2.23. The lowest BCUT2D eigenvalue weighted by molar-refractivity contribution is 0.344. The lowest BCUT2D eigenvalue weighted by atomic mass is 10.2. The van der Waals surface area contributed by atoms with E-state index in [0.29, 0.717) is 0 Å². The van der Waals surface area contributed by atoms with Crippen LogP contribution in [0.25, 0.3) is 0 Å². The first-order valence-electron chi connectivity index (χ1n) is 6.24. The number of rotatable bonds is 10. The molecular formula is C12H26N2S. The number of unbranched alkanes of at least 4 members (excludes halogenated alkanes) is 2. The minimum absolute atomic E-state index is 0.884. The highest BCUT2D eigenvalue weighted by Gasteiger charge is 2.19. The van der Waals surface area contributed by atoms with Gasteiger partial charge in [0.2, 0.25) is 0 Å². The maximum atomic E-state index is 3.56. The molecule has 0 amide bonds. The van der Waals surface area contributed by atoms with Crippen molar-refractivity contribution in [2.75, 3.05) is 38.7 Å². The molecule has 0 saturated heterocycles. The Morgan fingerprint density at radius 1 is 1.20 bits per heavy atom. The summed E-state index contributed by atoms with van der Waals surface area (Å²) < 4.78 is 0. The van der Waals surface area contributed by atoms with Crippen LogP contribution in [0.1, 0.15) is 32.1 Å². The Morgan fingerprint density at radius 3 is 2.67 bits per heavy atom. The van der Waals surface area contributed by atoms with E-state index in [1.807, 2.05) is 11.8 Å². The highest BCUT2D eigenvalue weighted by atomic mass is 32.2. The molecule has 0 spiro atoms. The molecule has 0 atom stereocenters. The standard InChI is InChI=1S/C12H26N2S/c1-14(10-11-15-2)9-5-3-4-8-13-12-6-7-12/h12-13H,3-11H2,1-2H3. The monoisotopic (exact) mass is 230 g/mol. The fraction of sp³-hybridized carbons (Fsp3) is 1.00. The van der Waals surface area contributed by atoms with Gasteiger partial charge in [0.05, 0.1) is 0 Å². The van der Waals surface area contributed by atoms with Crippen LogP contribution in [0.2, 0.25) is 0 Å². The quantitative estimate of drug-likeness (QED) is 0.579. The van der Waals surface area contributed by atoms with Crippen molar-refractivity contribution in [1.82, 2.24) is 10.2 Å². The van der Waals surface area contributed by atoms with Crippen LogP contribution in [-0.4, -0.2) is 49.6 Å². The van der Waals surface area contributed by atoms with Gasteiger partial charge < -0.3 is 10.2 Å². The van der Waals surface area contributed by atoms with Gasteiger partial charge in [0, 0.05) is 18.3 Å². The molecule has 0 aromatic heterocycles. The number of hydrogen-bond donors (Lipinski definition) is 1. The van der Waals surface area contributed by atoms with Crippen molar-refractivity contribution in [2.45, 2.75) is 38.1 Å². The van der Waals surface area contributed by atoms with Crippen LogP contribution in [0.15, 0.2) is 0 Å². The molecule has 0 aliphatic heterocycles. The summed E-state index contributed by atoms with van der Waals surface area (Å²) in [7, 11) is 2.23. The molecule has 1 N–H and O–H groups in total. The summed E-state index contributed by atoms with van der Waals surface area (Å²) in [5, 5.41) is 3.56. The van der Waals surface area contributed by atoms with Crippen molar-refractivity contribution in [3.05, 3.63) is 0 Å². The molecule has 90 valence electrons. The molecule has 1 aliphatic rings. The van der Waals surface area contributed by atoms with E-state index in [4.69, 9.17) is 0 Å². The van der Waals surface area contributed by atoms with Crippen LogP contribution >= 0.6 is 11.8 Å². The van der Waals surface area contributed by atoms with Crippen LogP contribution in [-0.2, 0) is 0 Å². The zero-order valence-corrected chi connectivity index (χ0v) is 11.1. The molecule has 1 rings (SSSR count). The topological polar surface area (TPSA) is 15.3 Å². The average Bonchev–Trinajstić information content (AvgIpc) is 3.04. The third kappa shape index (κ3) is 8.12. The van der Waals surface area contributed by atoms with Crippen molar-refractivity contribution in [1.29, 1.82) is 0 Å². The minimum atomic E-state index is 0.884. The third-order valence-corrected chi connectivity index (χ3v) is 3.49. The van der Waals surface area contributed by atoms with Gasteiger partial charge >= 0.3 is 0 Å². The molecule has 0 bridgehead atoms. The normalized spacial score (nSPS) is 16.2. The average molecular weight is 230 g/mol. The van der Waals surface area contributed by atoms with E-state index in [2.05, 4.69) is 23.5 Å². The molecular weight excluding hydrogens is 204 g/mol. The fourth-order valence-electron chi connectivity index (χ4n) is 1.64. The second-order valence-corrected chi connectivity index (χ2v) is 5.57. The Bertz CT molecular complexity index is 149. The van der Waals surface area contributed by atoms with Crippen molar-refractivity contribution >= 4 is 11.8 Å². The maximum absolute atomic E-state index is 3.56. The first-order valence-corrected chi connectivity index (χ1v) is 7.63. The van der Waals surface area contributed by atoms with Gasteiger partial charge in [0.25, 0.3) is 0 Å². The van der Waals surface area contributed by atoms with Crippen LogP contribution in [0.3, 0.4) is 0 Å². The Kier molecular flexibility index (Phi) is 7.49. The molecule has 3 heteroatoms. The Labute approximate surface area is 99.2 Å². The van der Waals surface area contributed by atoms with E-state index >= 15 is 0 Å². The smallest absolute Gasteiger partial charge is 0.00692 e. The van der Waals surface area contributed by atoms with Crippen molar-refractivity contribution in [3.8, 4) is 0 Å². The van der Waals surface area contributed by atoms with Gasteiger partial charge in [0.15, 0.2) is 0 Å². The molecule has 1 saturated carbocycles. The fourth-order valence-corrected chi connectivity index (χ4v) is 2.13. The molecule has 0 radical (unpaired) electrons. The number of nitrogens with one attached hydrogen (secondary N) is 1. The van der Waals surface area contributed by atoms with Gasteiger partial charge in [-0.15, -0.1) is 0 Å². The van der Waals surface area contributed by atoms with E-state index in [-0.39, 0.29) is 0 Å². The van der Waals surface area contributed by atoms with Crippen LogP contribution in [0, 0.1) is 0 Å². The zero-order valence-electron chi connectivity index (χ0n) is 10.3. The molecule has 0 unspecified atom stereocenters. The summed E-state index contributed by atoms with van der Waals surface area (Å²) >= 11 is 1.94. The van der Waals surface area contributed by atoms with Gasteiger partial charge in [0.1, 0.15) is 0 Å². The van der Waals surface area contributed by atoms with Gasteiger partial charge in [-0.2, -0.15) is 11.8 Å². The first kappa shape index (κ1) is 13.3. The van der Waals surface area contributed by atoms with Crippen LogP contribution < -0.4 is 5.32 Å². The largest absolute Gasteiger partial charge is 0.314 e. The SMILES string of the molecule is CSCCN(C)CCCCCNC1CC1. The van der Waals surface area contributed by atoms with Crippen molar-refractivity contribution < 1.29 is 0 Å². The van der Waals surface area contributed by atoms with Gasteiger partial charge in [-0.1, -0.05) is 6.42 Å². The predicted octanol–water partition coefficient (Wildman–Crippen LogP) is 2.20. The van der Waals surface area contributed by atoms with Gasteiger partial charge in [-0.05, 0) is 52.1 Å². The summed E-state index contributed by atoms with van der Waals surface area (Å²) in [6.07, 6.45) is 9.10. The third-order valence-electron chi connectivity index (χ3n) is 2.90. The maximum Gasteiger partial charge on any atom is 0.00692 e. The summed E-state index contributed by atoms with van der Waals surface area (Å²) in [6.45, 7) is 3.74. The molecule has 1 fully saturated rings. The summed E-state index contributed by atoms with van der Waals surface area (Å²) in [6, 6.07) is 0.884. The van der Waals surface area contributed by atoms with E-state index in [1.165, 1.54) is 57.5 Å². The van der Waals surface area contributed by atoms with Crippen molar-refractivity contribution in [3.63, 3.8) is 0 Å². The molecule has 0 heterocycles. The highest BCUT2D eigenvalue weighted by molar-refractivity contribution is 7.98. The summed E-state index contributed by atoms with van der Waals surface area (Å²) in [4.78, 5) is 2.45. The summed E-state index contributed by atoms with van der Waals surface area (Å²) in [5.41, 5.74) is 0. The summed E-state index contributed by atoms with van der Waals surface area (Å²) in [5.74, 6) is 1.26. The van der Waals surface area contributed by atoms with E-state index in [9.17, 15) is 0 Å².